The smallest absolute Gasteiger partial charge is 0.253 e. The van der Waals surface area contributed by atoms with E-state index in [-0.39, 0.29) is 22.6 Å². The Bertz CT molecular complexity index is 1360. The number of piperidine rings is 2. The fourth-order valence-electron chi connectivity index (χ4n) is 6.90. The molecule has 3 aromatic rings. The Kier molecular flexibility index (Phi) is 10.1. The molecule has 5 rings (SSSR count). The molecule has 0 aliphatic carbocycles. The number of carbonyl (C=O) groups is 2. The van der Waals surface area contributed by atoms with Gasteiger partial charge in [-0.25, -0.2) is 0 Å². The van der Waals surface area contributed by atoms with Crippen molar-refractivity contribution in [1.82, 2.24) is 15.1 Å². The Morgan fingerprint density at radius 1 is 0.833 bits per heavy atom. The van der Waals surface area contributed by atoms with Crippen molar-refractivity contribution in [3.63, 3.8) is 0 Å². The molecular formula is C35H41Cl2N3O2. The first kappa shape index (κ1) is 30.7. The van der Waals surface area contributed by atoms with Gasteiger partial charge in [0.1, 0.15) is 5.78 Å². The lowest BCUT2D eigenvalue weighted by molar-refractivity contribution is -0.116. The average molecular weight is 607 g/mol. The summed E-state index contributed by atoms with van der Waals surface area (Å²) in [7, 11) is 0. The second kappa shape index (κ2) is 13.7. The number of rotatable bonds is 10. The van der Waals surface area contributed by atoms with E-state index in [9.17, 15) is 9.59 Å². The van der Waals surface area contributed by atoms with Crippen molar-refractivity contribution in [1.29, 1.82) is 0 Å². The van der Waals surface area contributed by atoms with Crippen LogP contribution in [0.1, 0.15) is 66.9 Å². The third-order valence-corrected chi connectivity index (χ3v) is 10.00. The van der Waals surface area contributed by atoms with Crippen LogP contribution in [0, 0.1) is 0 Å². The van der Waals surface area contributed by atoms with E-state index in [0.29, 0.717) is 23.1 Å². The van der Waals surface area contributed by atoms with Gasteiger partial charge in [0.05, 0.1) is 16.6 Å². The van der Waals surface area contributed by atoms with Gasteiger partial charge >= 0.3 is 0 Å². The predicted molar refractivity (Wildman–Crippen MR) is 171 cm³/mol. The number of nitrogens with one attached hydrogen (secondary N) is 1. The maximum absolute atomic E-state index is 13.5. The molecule has 5 nitrogen and oxygen atoms in total. The zero-order valence-electron chi connectivity index (χ0n) is 24.5. The van der Waals surface area contributed by atoms with E-state index in [1.54, 1.807) is 6.92 Å². The molecule has 7 heteroatoms. The fourth-order valence-corrected chi connectivity index (χ4v) is 7.19. The Balaban J connectivity index is 1.28. The topological polar surface area (TPSA) is 52.7 Å². The Labute approximate surface area is 260 Å². The van der Waals surface area contributed by atoms with Gasteiger partial charge in [0.25, 0.3) is 5.91 Å². The number of hydrogen-bond donors (Lipinski definition) is 1. The molecule has 2 aliphatic heterocycles. The average Bonchev–Trinajstić information content (AvgIpc) is 3.02. The Morgan fingerprint density at radius 3 is 2.19 bits per heavy atom. The number of hydrogen-bond acceptors (Lipinski definition) is 4. The zero-order valence-corrected chi connectivity index (χ0v) is 26.0. The number of amides is 1. The summed E-state index contributed by atoms with van der Waals surface area (Å²) >= 11 is 12.8. The minimum Gasteiger partial charge on any atom is -0.338 e. The summed E-state index contributed by atoms with van der Waals surface area (Å²) in [4.78, 5) is 29.9. The summed E-state index contributed by atoms with van der Waals surface area (Å²) in [5, 5.41) is 4.72. The molecule has 1 N–H and O–H groups in total. The number of nitrogens with zero attached hydrogens (tertiary/aromatic N) is 2. The van der Waals surface area contributed by atoms with Crippen LogP contribution in [0.5, 0.6) is 0 Å². The largest absolute Gasteiger partial charge is 0.338 e. The lowest BCUT2D eigenvalue weighted by atomic mass is 9.70. The third-order valence-electron chi connectivity index (χ3n) is 9.26. The van der Waals surface area contributed by atoms with Crippen LogP contribution in [0.15, 0.2) is 78.9 Å². The van der Waals surface area contributed by atoms with Gasteiger partial charge in [-0.1, -0.05) is 77.8 Å². The lowest BCUT2D eigenvalue weighted by Crippen LogP contribution is -2.52. The molecule has 3 aromatic carbocycles. The number of ketones is 1. The van der Waals surface area contributed by atoms with E-state index < -0.39 is 0 Å². The van der Waals surface area contributed by atoms with Crippen LogP contribution >= 0.6 is 23.2 Å². The monoisotopic (exact) mass is 605 g/mol. The first-order valence-corrected chi connectivity index (χ1v) is 15.9. The summed E-state index contributed by atoms with van der Waals surface area (Å²) in [5.41, 5.74) is 2.80. The van der Waals surface area contributed by atoms with Crippen molar-refractivity contribution in [2.24, 2.45) is 0 Å². The summed E-state index contributed by atoms with van der Waals surface area (Å²) in [6.45, 7) is 6.40. The molecule has 2 fully saturated rings. The van der Waals surface area contributed by atoms with Crippen molar-refractivity contribution in [3.8, 4) is 0 Å². The Hall–Kier alpha value is -2.70. The Morgan fingerprint density at radius 2 is 1.52 bits per heavy atom. The highest BCUT2D eigenvalue weighted by Gasteiger charge is 2.40. The molecule has 2 saturated heterocycles. The second-order valence-electron chi connectivity index (χ2n) is 12.1. The lowest BCUT2D eigenvalue weighted by Gasteiger charge is -2.45. The quantitative estimate of drug-likeness (QED) is 0.267. The molecular weight excluding hydrogens is 565 g/mol. The van der Waals surface area contributed by atoms with Gasteiger partial charge in [-0.15, -0.1) is 0 Å². The van der Waals surface area contributed by atoms with Gasteiger partial charge in [-0.05, 0) is 87.4 Å². The molecule has 0 saturated carbocycles. The van der Waals surface area contributed by atoms with Crippen molar-refractivity contribution >= 4 is 34.9 Å². The normalized spacial score (nSPS) is 20.8. The van der Waals surface area contributed by atoms with Crippen molar-refractivity contribution in [2.75, 3.05) is 39.3 Å². The van der Waals surface area contributed by atoms with Gasteiger partial charge in [-0.2, -0.15) is 0 Å². The summed E-state index contributed by atoms with van der Waals surface area (Å²) in [6, 6.07) is 26.1. The number of Topliss-reactive ketones (excluding diaryl/α,β-unsaturated/α-hetero) is 1. The van der Waals surface area contributed by atoms with E-state index in [1.807, 2.05) is 53.4 Å². The van der Waals surface area contributed by atoms with E-state index in [1.165, 1.54) is 5.56 Å². The van der Waals surface area contributed by atoms with E-state index in [4.69, 9.17) is 23.2 Å². The van der Waals surface area contributed by atoms with E-state index in [2.05, 4.69) is 40.5 Å². The van der Waals surface area contributed by atoms with Gasteiger partial charge in [-0.3, -0.25) is 9.59 Å². The summed E-state index contributed by atoms with van der Waals surface area (Å²) in [5.74, 6) is 0.249. The van der Waals surface area contributed by atoms with Crippen LogP contribution < -0.4 is 5.32 Å². The highest BCUT2D eigenvalue weighted by molar-refractivity contribution is 6.42. The highest BCUT2D eigenvalue weighted by Crippen LogP contribution is 2.41. The number of benzene rings is 3. The first-order valence-electron chi connectivity index (χ1n) is 15.1. The van der Waals surface area contributed by atoms with Crippen LogP contribution in [-0.2, 0) is 15.7 Å². The molecule has 1 unspecified atom stereocenters. The first-order chi connectivity index (χ1) is 20.3. The fraction of sp³-hybridized carbons (Fsp3) is 0.429. The predicted octanol–water partition coefficient (Wildman–Crippen LogP) is 7.12. The maximum atomic E-state index is 13.5. The minimum absolute atomic E-state index is 0.0890. The minimum atomic E-state index is -0.177. The third kappa shape index (κ3) is 7.08. The molecule has 1 amide bonds. The van der Waals surface area contributed by atoms with Crippen LogP contribution in [0.4, 0.5) is 0 Å². The number of halogens is 2. The van der Waals surface area contributed by atoms with Gasteiger partial charge < -0.3 is 15.1 Å². The molecule has 0 aromatic heterocycles. The number of likely N-dealkylation sites (tertiary alicyclic amines) is 2. The van der Waals surface area contributed by atoms with Gasteiger partial charge in [0, 0.05) is 42.7 Å². The van der Waals surface area contributed by atoms with Crippen LogP contribution in [0.2, 0.25) is 10.0 Å². The van der Waals surface area contributed by atoms with Gasteiger partial charge in [0.15, 0.2) is 0 Å². The SMILES string of the molecule is CC(=O)CNC1(c2ccccc2)CCN(CCCC2(c3ccc(Cl)c(Cl)c3)CCCN(C(=O)c3ccccc3)C2)CC1. The second-order valence-corrected chi connectivity index (χ2v) is 12.9. The van der Waals surface area contributed by atoms with E-state index in [0.717, 1.165) is 75.8 Å². The molecule has 0 radical (unpaired) electrons. The highest BCUT2D eigenvalue weighted by atomic mass is 35.5. The van der Waals surface area contributed by atoms with Crippen LogP contribution in [-0.4, -0.2) is 60.8 Å². The molecule has 2 heterocycles. The standard InChI is InChI=1S/C35H41Cl2N3O2/c1-27(41)25-38-35(29-12-6-3-7-13-29)18-22-39(23-19-35)20-8-16-34(30-14-15-31(36)32(37)24-30)17-9-21-40(26-34)33(42)28-10-4-2-5-11-28/h2-7,10-15,24,38H,8-9,16-23,25-26H2,1H3. The maximum Gasteiger partial charge on any atom is 0.253 e. The van der Waals surface area contributed by atoms with Crippen LogP contribution in [0.3, 0.4) is 0 Å². The van der Waals surface area contributed by atoms with Crippen molar-refractivity contribution in [2.45, 2.75) is 56.4 Å². The van der Waals surface area contributed by atoms with E-state index >= 15 is 0 Å². The van der Waals surface area contributed by atoms with Crippen molar-refractivity contribution < 1.29 is 9.59 Å². The molecule has 42 heavy (non-hydrogen) atoms. The zero-order chi connectivity index (χ0) is 29.6. The summed E-state index contributed by atoms with van der Waals surface area (Å²) < 4.78 is 0. The molecule has 0 bridgehead atoms. The van der Waals surface area contributed by atoms with Crippen LogP contribution in [0.25, 0.3) is 0 Å². The number of carbonyl (C=O) groups excluding carboxylic acids is 2. The molecule has 0 spiro atoms. The summed E-state index contributed by atoms with van der Waals surface area (Å²) in [6.07, 6.45) is 5.86. The molecule has 1 atom stereocenters. The van der Waals surface area contributed by atoms with Crippen molar-refractivity contribution in [3.05, 3.63) is 106 Å². The van der Waals surface area contributed by atoms with Gasteiger partial charge in [0.2, 0.25) is 0 Å². The molecule has 2 aliphatic rings. The molecule has 222 valence electrons.